The number of rotatable bonds is 6. The van der Waals surface area contributed by atoms with Crippen LogP contribution in [0.2, 0.25) is 0 Å². The highest BCUT2D eigenvalue weighted by Gasteiger charge is 2.58. The van der Waals surface area contributed by atoms with Gasteiger partial charge in [0.1, 0.15) is 0 Å². The molecule has 0 spiro atoms. The van der Waals surface area contributed by atoms with Gasteiger partial charge in [-0.05, 0) is 61.3 Å². The van der Waals surface area contributed by atoms with Crippen molar-refractivity contribution in [3.8, 4) is 0 Å². The van der Waals surface area contributed by atoms with Crippen molar-refractivity contribution in [2.75, 3.05) is 19.8 Å². The predicted octanol–water partition coefficient (Wildman–Crippen LogP) is 6.31. The molecule has 1 aromatic rings. The number of alkyl halides is 6. The molecule has 1 N–H and O–H groups in total. The van der Waals surface area contributed by atoms with Crippen LogP contribution in [0.1, 0.15) is 62.8 Å². The molecule has 1 aromatic carbocycles. The minimum Gasteiger partial charge on any atom is -0.381 e. The molecular weight excluding hydrogens is 550 g/mol. The molecular formula is C30H36F6N2O3. The van der Waals surface area contributed by atoms with Gasteiger partial charge in [0.2, 0.25) is 5.91 Å². The molecule has 1 aliphatic carbocycles. The Bertz CT molecular complexity index is 1160. The topological polar surface area (TPSA) is 50.8 Å². The first-order valence-corrected chi connectivity index (χ1v) is 14.1. The van der Waals surface area contributed by atoms with Crippen LogP contribution in [0.3, 0.4) is 0 Å². The van der Waals surface area contributed by atoms with E-state index in [1.807, 2.05) is 12.2 Å². The van der Waals surface area contributed by atoms with Gasteiger partial charge in [-0.1, -0.05) is 38.2 Å². The largest absolute Gasteiger partial charge is 0.416 e. The summed E-state index contributed by atoms with van der Waals surface area (Å²) < 4.78 is 93.0. The van der Waals surface area contributed by atoms with Crippen LogP contribution in [0.15, 0.2) is 42.5 Å². The molecule has 0 bridgehead atoms. The van der Waals surface area contributed by atoms with E-state index >= 15 is 0 Å². The zero-order valence-corrected chi connectivity index (χ0v) is 23.3. The Hall–Kier alpha value is -2.37. The molecule has 3 heterocycles. The molecule has 41 heavy (non-hydrogen) atoms. The highest BCUT2D eigenvalue weighted by atomic mass is 19.4. The Morgan fingerprint density at radius 2 is 1.68 bits per heavy atom. The van der Waals surface area contributed by atoms with Gasteiger partial charge in [-0.2, -0.15) is 26.3 Å². The second-order valence-corrected chi connectivity index (χ2v) is 12.0. The molecule has 0 aromatic heterocycles. The monoisotopic (exact) mass is 586 g/mol. The number of nitrogens with one attached hydrogen (secondary N) is 1. The second-order valence-electron chi connectivity index (χ2n) is 12.0. The minimum atomic E-state index is -4.95. The van der Waals surface area contributed by atoms with Gasteiger partial charge in [0.05, 0.1) is 29.4 Å². The number of hydrogen-bond acceptors (Lipinski definition) is 4. The Morgan fingerprint density at radius 3 is 2.27 bits per heavy atom. The Labute approximate surface area is 235 Å². The average Bonchev–Trinajstić information content (AvgIpc) is 3.40. The highest BCUT2D eigenvalue weighted by Crippen LogP contribution is 2.52. The minimum absolute atomic E-state index is 0.0461. The SMILES string of the molecule is CC1C=CC=CC1(C)[C@@H]1[C@@H](O[C@H](C)c2cc(C(F)(F)F)cc(C(F)(F)F)c2)CN2C(=O)C(NC3CCOCC3)C[C@@H]12. The molecule has 7 atom stereocenters. The Balaban J connectivity index is 1.43. The maximum absolute atomic E-state index is 13.6. The van der Waals surface area contributed by atoms with Crippen molar-refractivity contribution in [1.29, 1.82) is 0 Å². The number of hydrogen-bond donors (Lipinski definition) is 1. The molecule has 226 valence electrons. The highest BCUT2D eigenvalue weighted by molar-refractivity contribution is 5.85. The number of fused-ring (bicyclic) bond motifs is 1. The fourth-order valence-corrected chi connectivity index (χ4v) is 7.01. The first kappa shape index (κ1) is 30.1. The van der Waals surface area contributed by atoms with E-state index in [0.717, 1.165) is 25.0 Å². The van der Waals surface area contributed by atoms with Crippen molar-refractivity contribution in [2.24, 2.45) is 17.3 Å². The standard InChI is InChI=1S/C30H36F6N2O3/c1-17-6-4-5-9-28(17,3)26-24-15-23(37-22-7-10-40-11-8-22)27(39)38(24)16-25(26)41-18(2)19-12-20(29(31,32)33)14-21(13-19)30(34,35)36/h4-6,9,12-14,17-18,22-26,37H,7-8,10-11,15-16H2,1-3H3/t17?,18-,23?,24+,25+,26+,28?/m1/s1. The van der Waals surface area contributed by atoms with Gasteiger partial charge in [0.25, 0.3) is 0 Å². The van der Waals surface area contributed by atoms with Crippen LogP contribution in [0.4, 0.5) is 26.3 Å². The molecule has 0 saturated carbocycles. The van der Waals surface area contributed by atoms with Crippen molar-refractivity contribution in [3.05, 3.63) is 59.2 Å². The van der Waals surface area contributed by atoms with Crippen LogP contribution in [-0.4, -0.2) is 54.8 Å². The molecule has 3 aliphatic heterocycles. The van der Waals surface area contributed by atoms with Crippen LogP contribution >= 0.6 is 0 Å². The number of carbonyl (C=O) groups is 1. The lowest BCUT2D eigenvalue weighted by Gasteiger charge is -2.44. The lowest BCUT2D eigenvalue weighted by Crippen LogP contribution is -2.47. The molecule has 3 fully saturated rings. The maximum atomic E-state index is 13.6. The Kier molecular flexibility index (Phi) is 8.10. The van der Waals surface area contributed by atoms with E-state index in [4.69, 9.17) is 9.47 Å². The molecule has 4 aliphatic rings. The summed E-state index contributed by atoms with van der Waals surface area (Å²) >= 11 is 0. The molecule has 0 radical (unpaired) electrons. The van der Waals surface area contributed by atoms with Crippen molar-refractivity contribution in [1.82, 2.24) is 10.2 Å². The van der Waals surface area contributed by atoms with E-state index in [1.165, 1.54) is 6.92 Å². The molecule has 5 nitrogen and oxygen atoms in total. The maximum Gasteiger partial charge on any atom is 0.416 e. The van der Waals surface area contributed by atoms with Crippen molar-refractivity contribution in [2.45, 2.75) is 82.7 Å². The van der Waals surface area contributed by atoms with E-state index < -0.39 is 41.1 Å². The fraction of sp³-hybridized carbons (Fsp3) is 0.633. The van der Waals surface area contributed by atoms with E-state index in [1.54, 1.807) is 4.90 Å². The predicted molar refractivity (Wildman–Crippen MR) is 140 cm³/mol. The van der Waals surface area contributed by atoms with Gasteiger partial charge in [-0.3, -0.25) is 4.79 Å². The van der Waals surface area contributed by atoms with Gasteiger partial charge < -0.3 is 19.7 Å². The van der Waals surface area contributed by atoms with E-state index in [2.05, 4.69) is 31.3 Å². The molecule has 5 rings (SSSR count). The number of ether oxygens (including phenoxy) is 2. The quantitative estimate of drug-likeness (QED) is 0.398. The third-order valence-corrected chi connectivity index (χ3v) is 9.43. The number of carbonyl (C=O) groups excluding carboxylic acids is 1. The summed E-state index contributed by atoms with van der Waals surface area (Å²) in [5.41, 5.74) is -3.41. The summed E-state index contributed by atoms with van der Waals surface area (Å²) in [6.45, 7) is 7.12. The summed E-state index contributed by atoms with van der Waals surface area (Å²) in [6.07, 6.45) is -1.31. The summed E-state index contributed by atoms with van der Waals surface area (Å²) in [7, 11) is 0. The van der Waals surface area contributed by atoms with Gasteiger partial charge in [-0.15, -0.1) is 0 Å². The van der Waals surface area contributed by atoms with Gasteiger partial charge in [0, 0.05) is 37.8 Å². The van der Waals surface area contributed by atoms with E-state index in [9.17, 15) is 31.1 Å². The molecule has 3 saturated heterocycles. The van der Waals surface area contributed by atoms with E-state index in [0.29, 0.717) is 19.6 Å². The average molecular weight is 587 g/mol. The normalized spacial score (nSPS) is 33.4. The first-order valence-electron chi connectivity index (χ1n) is 14.1. The number of benzene rings is 1. The van der Waals surface area contributed by atoms with Gasteiger partial charge in [-0.25, -0.2) is 0 Å². The molecule has 11 heteroatoms. The summed E-state index contributed by atoms with van der Waals surface area (Å²) in [5.74, 6) is -0.198. The van der Waals surface area contributed by atoms with Crippen molar-refractivity contribution >= 4 is 5.91 Å². The molecule has 1 amide bonds. The number of amides is 1. The van der Waals surface area contributed by atoms with Gasteiger partial charge >= 0.3 is 12.4 Å². The van der Waals surface area contributed by atoms with Gasteiger partial charge in [0.15, 0.2) is 0 Å². The lowest BCUT2D eigenvalue weighted by atomic mass is 9.63. The van der Waals surface area contributed by atoms with Crippen molar-refractivity contribution in [3.63, 3.8) is 0 Å². The second kappa shape index (κ2) is 11.0. The third kappa shape index (κ3) is 5.95. The Morgan fingerprint density at radius 1 is 1.05 bits per heavy atom. The summed E-state index contributed by atoms with van der Waals surface area (Å²) in [5, 5.41) is 3.51. The zero-order chi connectivity index (χ0) is 29.7. The number of nitrogens with zero attached hydrogens (tertiary/aromatic N) is 1. The first-order chi connectivity index (χ1) is 19.2. The van der Waals surface area contributed by atoms with E-state index in [-0.39, 0.29) is 54.0 Å². The zero-order valence-electron chi connectivity index (χ0n) is 23.3. The lowest BCUT2D eigenvalue weighted by molar-refractivity contribution is -0.143. The smallest absolute Gasteiger partial charge is 0.381 e. The summed E-state index contributed by atoms with van der Waals surface area (Å²) in [4.78, 5) is 15.4. The third-order valence-electron chi connectivity index (χ3n) is 9.43. The number of allylic oxidation sites excluding steroid dienone is 4. The number of halogens is 6. The van der Waals surface area contributed by atoms with Crippen LogP contribution in [0, 0.1) is 17.3 Å². The molecule has 3 unspecified atom stereocenters. The van der Waals surface area contributed by atoms with Crippen LogP contribution in [-0.2, 0) is 26.6 Å². The summed E-state index contributed by atoms with van der Waals surface area (Å²) in [6, 6.07) is 1.20. The van der Waals surface area contributed by atoms with Crippen LogP contribution < -0.4 is 5.32 Å². The fourth-order valence-electron chi connectivity index (χ4n) is 7.01. The van der Waals surface area contributed by atoms with Crippen LogP contribution in [0.25, 0.3) is 0 Å². The van der Waals surface area contributed by atoms with Crippen molar-refractivity contribution < 1.29 is 40.6 Å². The van der Waals surface area contributed by atoms with Crippen LogP contribution in [0.5, 0.6) is 0 Å².